The molecule has 2 aromatic carbocycles. The molecule has 0 amide bonds. The van der Waals surface area contributed by atoms with E-state index in [1.54, 1.807) is 6.92 Å². The zero-order valence-electron chi connectivity index (χ0n) is 14.6. The van der Waals surface area contributed by atoms with Crippen molar-refractivity contribution in [2.24, 2.45) is 0 Å². The molecule has 0 bridgehead atoms. The first kappa shape index (κ1) is 16.3. The number of hydrogen-bond acceptors (Lipinski definition) is 3. The monoisotopic (exact) mass is 344 g/mol. The third kappa shape index (κ3) is 2.64. The Balaban J connectivity index is 1.83. The standard InChI is InChI=1S/C22H20N2O2/c1-2-26-21(25)20-18-13-14-22(15-19(18)23-24-20,16-9-5-3-6-10-16)17-11-7-4-8-12-17/h3-14H,2,15H2,1H3,(H,23,24). The molecule has 4 nitrogen and oxygen atoms in total. The number of nitrogens with zero attached hydrogens (tertiary/aromatic N) is 1. The average molecular weight is 344 g/mol. The number of benzene rings is 2. The van der Waals surface area contributed by atoms with Crippen molar-refractivity contribution >= 4 is 12.0 Å². The van der Waals surface area contributed by atoms with Gasteiger partial charge in [0.1, 0.15) is 0 Å². The number of aromatic amines is 1. The molecule has 4 rings (SSSR count). The van der Waals surface area contributed by atoms with Crippen molar-refractivity contribution in [3.63, 3.8) is 0 Å². The molecule has 1 aliphatic rings. The molecule has 1 aromatic heterocycles. The third-order valence-electron chi connectivity index (χ3n) is 4.92. The van der Waals surface area contributed by atoms with Crippen LogP contribution >= 0.6 is 0 Å². The fourth-order valence-corrected chi connectivity index (χ4v) is 3.65. The number of esters is 1. The molecule has 0 fully saturated rings. The van der Waals surface area contributed by atoms with Crippen LogP contribution in [0, 0.1) is 0 Å². The Morgan fingerprint density at radius 3 is 2.27 bits per heavy atom. The van der Waals surface area contributed by atoms with Crippen LogP contribution in [0.3, 0.4) is 0 Å². The van der Waals surface area contributed by atoms with Crippen LogP contribution in [0.15, 0.2) is 66.7 Å². The summed E-state index contributed by atoms with van der Waals surface area (Å²) in [5, 5.41) is 7.28. The van der Waals surface area contributed by atoms with Crippen LogP contribution < -0.4 is 0 Å². The molecule has 0 saturated carbocycles. The Morgan fingerprint density at radius 1 is 1.08 bits per heavy atom. The first-order chi connectivity index (χ1) is 12.7. The van der Waals surface area contributed by atoms with Gasteiger partial charge < -0.3 is 4.74 Å². The predicted octanol–water partition coefficient (Wildman–Crippen LogP) is 4.14. The van der Waals surface area contributed by atoms with Gasteiger partial charge in [-0.15, -0.1) is 0 Å². The summed E-state index contributed by atoms with van der Waals surface area (Å²) in [7, 11) is 0. The number of aromatic nitrogens is 2. The normalized spacial score (nSPS) is 14.7. The van der Waals surface area contributed by atoms with Crippen LogP contribution in [0.25, 0.3) is 6.08 Å². The van der Waals surface area contributed by atoms with Gasteiger partial charge in [0.15, 0.2) is 5.69 Å². The SMILES string of the molecule is CCOC(=O)c1n[nH]c2c1C=CC(c1ccccc1)(c1ccccc1)C2. The number of fused-ring (bicyclic) bond motifs is 1. The topological polar surface area (TPSA) is 55.0 Å². The number of carbonyl (C=O) groups excluding carboxylic acids is 1. The van der Waals surface area contributed by atoms with Gasteiger partial charge in [-0.05, 0) is 18.1 Å². The second-order valence-corrected chi connectivity index (χ2v) is 6.40. The number of allylic oxidation sites excluding steroid dienone is 1. The summed E-state index contributed by atoms with van der Waals surface area (Å²) in [5.74, 6) is -0.387. The molecule has 0 unspecified atom stereocenters. The molecule has 1 aliphatic carbocycles. The summed E-state index contributed by atoms with van der Waals surface area (Å²) in [5.41, 5.74) is 4.25. The molecular formula is C22H20N2O2. The van der Waals surface area contributed by atoms with Gasteiger partial charge in [-0.1, -0.05) is 72.8 Å². The Labute approximate surface area is 152 Å². The highest BCUT2D eigenvalue weighted by atomic mass is 16.5. The van der Waals surface area contributed by atoms with Crippen molar-refractivity contribution < 1.29 is 9.53 Å². The van der Waals surface area contributed by atoms with Crippen molar-refractivity contribution in [1.82, 2.24) is 10.2 Å². The zero-order chi connectivity index (χ0) is 18.0. The quantitative estimate of drug-likeness (QED) is 0.724. The van der Waals surface area contributed by atoms with Crippen molar-refractivity contribution in [2.75, 3.05) is 6.61 Å². The van der Waals surface area contributed by atoms with Crippen molar-refractivity contribution in [3.8, 4) is 0 Å². The van der Waals surface area contributed by atoms with E-state index in [0.717, 1.165) is 11.3 Å². The molecular weight excluding hydrogens is 324 g/mol. The van der Waals surface area contributed by atoms with E-state index < -0.39 is 0 Å². The first-order valence-corrected chi connectivity index (χ1v) is 8.79. The van der Waals surface area contributed by atoms with Gasteiger partial charge in [0.25, 0.3) is 0 Å². The van der Waals surface area contributed by atoms with Gasteiger partial charge in [0.05, 0.1) is 6.61 Å². The minimum absolute atomic E-state index is 0.298. The molecule has 26 heavy (non-hydrogen) atoms. The van der Waals surface area contributed by atoms with Crippen LogP contribution in [0.1, 0.15) is 39.8 Å². The fourth-order valence-electron chi connectivity index (χ4n) is 3.65. The average Bonchev–Trinajstić information content (AvgIpc) is 3.12. The predicted molar refractivity (Wildman–Crippen MR) is 101 cm³/mol. The summed E-state index contributed by atoms with van der Waals surface area (Å²) in [6, 6.07) is 20.8. The van der Waals surface area contributed by atoms with E-state index in [9.17, 15) is 4.79 Å². The summed E-state index contributed by atoms with van der Waals surface area (Å²) in [4.78, 5) is 12.1. The summed E-state index contributed by atoms with van der Waals surface area (Å²) in [6.45, 7) is 2.13. The Hall–Kier alpha value is -3.14. The lowest BCUT2D eigenvalue weighted by atomic mass is 9.68. The molecule has 0 atom stereocenters. The number of nitrogens with one attached hydrogen (secondary N) is 1. The molecule has 0 radical (unpaired) electrons. The van der Waals surface area contributed by atoms with E-state index in [2.05, 4.69) is 64.8 Å². The highest BCUT2D eigenvalue weighted by Crippen LogP contribution is 2.41. The van der Waals surface area contributed by atoms with Gasteiger partial charge in [0.2, 0.25) is 0 Å². The van der Waals surface area contributed by atoms with Crippen molar-refractivity contribution in [3.05, 3.63) is 94.8 Å². The van der Waals surface area contributed by atoms with Crippen molar-refractivity contribution in [1.29, 1.82) is 0 Å². The maximum atomic E-state index is 12.1. The molecule has 0 spiro atoms. The van der Waals surface area contributed by atoms with E-state index in [1.165, 1.54) is 11.1 Å². The van der Waals surface area contributed by atoms with E-state index >= 15 is 0 Å². The highest BCUT2D eigenvalue weighted by molar-refractivity contribution is 5.92. The number of hydrogen-bond donors (Lipinski definition) is 1. The number of ether oxygens (including phenoxy) is 1. The number of H-pyrrole nitrogens is 1. The lowest BCUT2D eigenvalue weighted by molar-refractivity contribution is 0.0519. The molecule has 1 N–H and O–H groups in total. The largest absolute Gasteiger partial charge is 0.461 e. The van der Waals surface area contributed by atoms with Crippen LogP contribution in [0.4, 0.5) is 0 Å². The second kappa shape index (κ2) is 6.64. The Morgan fingerprint density at radius 2 is 1.69 bits per heavy atom. The smallest absolute Gasteiger partial charge is 0.359 e. The number of rotatable bonds is 4. The van der Waals surface area contributed by atoms with Crippen LogP contribution in [0.2, 0.25) is 0 Å². The second-order valence-electron chi connectivity index (χ2n) is 6.40. The van der Waals surface area contributed by atoms with E-state index in [-0.39, 0.29) is 11.4 Å². The lowest BCUT2D eigenvalue weighted by Crippen LogP contribution is -2.30. The minimum atomic E-state index is -0.387. The lowest BCUT2D eigenvalue weighted by Gasteiger charge is -2.34. The number of carbonyl (C=O) groups is 1. The Kier molecular flexibility index (Phi) is 4.17. The van der Waals surface area contributed by atoms with Crippen LogP contribution in [-0.4, -0.2) is 22.8 Å². The van der Waals surface area contributed by atoms with E-state index in [4.69, 9.17) is 4.74 Å². The van der Waals surface area contributed by atoms with Gasteiger partial charge >= 0.3 is 5.97 Å². The van der Waals surface area contributed by atoms with Gasteiger partial charge in [0, 0.05) is 23.1 Å². The Bertz CT molecular complexity index is 903. The van der Waals surface area contributed by atoms with Gasteiger partial charge in [-0.3, -0.25) is 5.10 Å². The van der Waals surface area contributed by atoms with Crippen molar-refractivity contribution in [2.45, 2.75) is 18.8 Å². The summed E-state index contributed by atoms with van der Waals surface area (Å²) < 4.78 is 5.12. The highest BCUT2D eigenvalue weighted by Gasteiger charge is 2.37. The van der Waals surface area contributed by atoms with Crippen LogP contribution in [-0.2, 0) is 16.6 Å². The first-order valence-electron chi connectivity index (χ1n) is 8.79. The molecule has 0 aliphatic heterocycles. The summed E-state index contributed by atoms with van der Waals surface area (Å²) in [6.07, 6.45) is 4.88. The molecule has 0 saturated heterocycles. The minimum Gasteiger partial charge on any atom is -0.461 e. The summed E-state index contributed by atoms with van der Waals surface area (Å²) >= 11 is 0. The van der Waals surface area contributed by atoms with Gasteiger partial charge in [-0.25, -0.2) is 4.79 Å². The molecule has 1 heterocycles. The molecule has 130 valence electrons. The maximum Gasteiger partial charge on any atom is 0.359 e. The van der Waals surface area contributed by atoms with E-state index in [1.807, 2.05) is 18.2 Å². The fraction of sp³-hybridized carbons (Fsp3) is 0.182. The molecule has 3 aromatic rings. The maximum absolute atomic E-state index is 12.1. The zero-order valence-corrected chi connectivity index (χ0v) is 14.6. The van der Waals surface area contributed by atoms with Gasteiger partial charge in [-0.2, -0.15) is 5.10 Å². The van der Waals surface area contributed by atoms with Crippen LogP contribution in [0.5, 0.6) is 0 Å². The van der Waals surface area contributed by atoms with E-state index in [0.29, 0.717) is 18.7 Å². The molecule has 4 heteroatoms. The third-order valence-corrected chi connectivity index (χ3v) is 4.92.